The molecule has 2 aliphatic rings. The number of nitrogens with zero attached hydrogens (tertiary/aromatic N) is 2. The van der Waals surface area contributed by atoms with Crippen molar-refractivity contribution in [2.45, 2.75) is 59.3 Å². The van der Waals surface area contributed by atoms with E-state index in [4.69, 9.17) is 0 Å². The Kier molecular flexibility index (Phi) is 6.30. The maximum absolute atomic E-state index is 13.3. The highest BCUT2D eigenvalue weighted by molar-refractivity contribution is 5.83. The van der Waals surface area contributed by atoms with E-state index >= 15 is 0 Å². The number of allylic oxidation sites excluding steroid dienone is 4. The molecular weight excluding hydrogens is 334 g/mol. The number of carbonyl (C=O) groups excluding carboxylic acids is 1. The predicted octanol–water partition coefficient (Wildman–Crippen LogP) is 4.77. The quantitative estimate of drug-likeness (QED) is 0.669. The first-order chi connectivity index (χ1) is 12.0. The van der Waals surface area contributed by atoms with Crippen LogP contribution in [0.2, 0.25) is 0 Å². The van der Waals surface area contributed by atoms with Crippen molar-refractivity contribution in [2.75, 3.05) is 26.2 Å². The second-order valence-corrected chi connectivity index (χ2v) is 8.28. The van der Waals surface area contributed by atoms with Crippen LogP contribution in [0.4, 0.5) is 8.78 Å². The molecule has 26 heavy (non-hydrogen) atoms. The summed E-state index contributed by atoms with van der Waals surface area (Å²) >= 11 is 0. The Morgan fingerprint density at radius 3 is 2.38 bits per heavy atom. The van der Waals surface area contributed by atoms with Crippen LogP contribution in [0.5, 0.6) is 0 Å². The second-order valence-electron chi connectivity index (χ2n) is 8.28. The third kappa shape index (κ3) is 4.95. The zero-order chi connectivity index (χ0) is 19.5. The normalized spacial score (nSPS) is 21.9. The fraction of sp³-hybridized carbons (Fsp3) is 0.667. The van der Waals surface area contributed by atoms with Crippen molar-refractivity contribution in [3.8, 4) is 0 Å². The van der Waals surface area contributed by atoms with Crippen molar-refractivity contribution in [3.05, 3.63) is 35.6 Å². The van der Waals surface area contributed by atoms with Crippen LogP contribution in [0.15, 0.2) is 35.6 Å². The molecule has 1 amide bonds. The van der Waals surface area contributed by atoms with Gasteiger partial charge in [-0.2, -0.15) is 8.78 Å². The van der Waals surface area contributed by atoms with Gasteiger partial charge in [0.15, 0.2) is 0 Å². The standard InChI is InChI=1S/C21H32F2N2O/c1-16-8-6-11-20(3,4)18(16)10-9-17(2)24-12-7-13-25(15-14-24)19(26)21(5,22)23/h9-10H,2,6-8,11-15H2,1,3-5H3/b10-9+. The average molecular weight is 366 g/mol. The molecule has 146 valence electrons. The highest BCUT2D eigenvalue weighted by Crippen LogP contribution is 2.40. The Morgan fingerprint density at radius 2 is 1.77 bits per heavy atom. The molecule has 5 heteroatoms. The van der Waals surface area contributed by atoms with E-state index in [0.717, 1.165) is 18.7 Å². The van der Waals surface area contributed by atoms with Crippen LogP contribution in [0.25, 0.3) is 0 Å². The van der Waals surface area contributed by atoms with Gasteiger partial charge in [0.25, 0.3) is 5.91 Å². The number of rotatable bonds is 4. The van der Waals surface area contributed by atoms with E-state index in [1.54, 1.807) is 0 Å². The molecule has 0 unspecified atom stereocenters. The van der Waals surface area contributed by atoms with Crippen LogP contribution in [0.1, 0.15) is 53.4 Å². The van der Waals surface area contributed by atoms with Crippen LogP contribution >= 0.6 is 0 Å². The molecule has 3 nitrogen and oxygen atoms in total. The lowest BCUT2D eigenvalue weighted by molar-refractivity contribution is -0.154. The van der Waals surface area contributed by atoms with E-state index in [0.29, 0.717) is 33.0 Å². The lowest BCUT2D eigenvalue weighted by Gasteiger charge is -2.33. The Morgan fingerprint density at radius 1 is 1.15 bits per heavy atom. The Bertz CT molecular complexity index is 614. The first-order valence-corrected chi connectivity index (χ1v) is 9.52. The minimum Gasteiger partial charge on any atom is -0.370 e. The van der Waals surface area contributed by atoms with E-state index in [2.05, 4.69) is 38.3 Å². The summed E-state index contributed by atoms with van der Waals surface area (Å²) < 4.78 is 26.6. The number of amides is 1. The van der Waals surface area contributed by atoms with Crippen molar-refractivity contribution in [1.82, 2.24) is 9.80 Å². The minimum atomic E-state index is -3.30. The molecule has 0 N–H and O–H groups in total. The molecule has 0 radical (unpaired) electrons. The van der Waals surface area contributed by atoms with Gasteiger partial charge in [0.2, 0.25) is 0 Å². The maximum atomic E-state index is 13.3. The van der Waals surface area contributed by atoms with Crippen LogP contribution in [-0.4, -0.2) is 47.8 Å². The van der Waals surface area contributed by atoms with Gasteiger partial charge in [-0.05, 0) is 49.7 Å². The fourth-order valence-corrected chi connectivity index (χ4v) is 3.98. The largest absolute Gasteiger partial charge is 0.370 e. The topological polar surface area (TPSA) is 23.6 Å². The van der Waals surface area contributed by atoms with Gasteiger partial charge >= 0.3 is 5.92 Å². The highest BCUT2D eigenvalue weighted by Gasteiger charge is 2.37. The number of hydrogen-bond donors (Lipinski definition) is 0. The lowest BCUT2D eigenvalue weighted by atomic mass is 9.72. The summed E-state index contributed by atoms with van der Waals surface area (Å²) in [6, 6.07) is 0. The van der Waals surface area contributed by atoms with Crippen molar-refractivity contribution in [3.63, 3.8) is 0 Å². The molecule has 1 saturated heterocycles. The van der Waals surface area contributed by atoms with Crippen LogP contribution < -0.4 is 0 Å². The van der Waals surface area contributed by atoms with Gasteiger partial charge in [0.1, 0.15) is 0 Å². The van der Waals surface area contributed by atoms with Gasteiger partial charge in [-0.1, -0.05) is 32.1 Å². The zero-order valence-corrected chi connectivity index (χ0v) is 16.6. The molecule has 0 aromatic carbocycles. The monoisotopic (exact) mass is 366 g/mol. The molecule has 0 bridgehead atoms. The van der Waals surface area contributed by atoms with Crippen molar-refractivity contribution in [1.29, 1.82) is 0 Å². The number of hydrogen-bond acceptors (Lipinski definition) is 2. The molecule has 2 rings (SSSR count). The third-order valence-electron chi connectivity index (χ3n) is 5.55. The summed E-state index contributed by atoms with van der Waals surface area (Å²) in [4.78, 5) is 15.2. The van der Waals surface area contributed by atoms with Gasteiger partial charge in [0, 0.05) is 38.8 Å². The molecule has 0 aromatic heterocycles. The van der Waals surface area contributed by atoms with Crippen molar-refractivity contribution < 1.29 is 13.6 Å². The van der Waals surface area contributed by atoms with Crippen molar-refractivity contribution in [2.24, 2.45) is 5.41 Å². The Balaban J connectivity index is 2.01. The van der Waals surface area contributed by atoms with Gasteiger partial charge in [-0.25, -0.2) is 0 Å². The summed E-state index contributed by atoms with van der Waals surface area (Å²) in [5.41, 5.74) is 3.86. The molecule has 1 aliphatic carbocycles. The maximum Gasteiger partial charge on any atom is 0.322 e. The summed E-state index contributed by atoms with van der Waals surface area (Å²) in [6.45, 7) is 13.5. The smallest absolute Gasteiger partial charge is 0.322 e. The molecule has 0 aromatic rings. The van der Waals surface area contributed by atoms with Crippen LogP contribution in [0.3, 0.4) is 0 Å². The summed E-state index contributed by atoms with van der Waals surface area (Å²) in [6.07, 6.45) is 8.43. The van der Waals surface area contributed by atoms with Crippen LogP contribution in [0, 0.1) is 5.41 Å². The molecule has 0 spiro atoms. The summed E-state index contributed by atoms with van der Waals surface area (Å²) in [5, 5.41) is 0. The number of alkyl halides is 2. The first-order valence-electron chi connectivity index (χ1n) is 9.52. The predicted molar refractivity (Wildman–Crippen MR) is 102 cm³/mol. The molecule has 1 aliphatic heterocycles. The van der Waals surface area contributed by atoms with Gasteiger partial charge in [-0.15, -0.1) is 0 Å². The second kappa shape index (κ2) is 7.93. The van der Waals surface area contributed by atoms with E-state index in [-0.39, 0.29) is 5.41 Å². The third-order valence-corrected chi connectivity index (χ3v) is 5.55. The Labute approximate surface area is 156 Å². The Hall–Kier alpha value is -1.65. The zero-order valence-electron chi connectivity index (χ0n) is 16.6. The number of halogens is 2. The molecule has 1 fully saturated rings. The molecule has 0 saturated carbocycles. The highest BCUT2D eigenvalue weighted by atomic mass is 19.3. The van der Waals surface area contributed by atoms with E-state index in [1.165, 1.54) is 28.9 Å². The molecular formula is C21H32F2N2O. The van der Waals surface area contributed by atoms with E-state index < -0.39 is 11.8 Å². The van der Waals surface area contributed by atoms with E-state index in [9.17, 15) is 13.6 Å². The lowest BCUT2D eigenvalue weighted by Crippen LogP contribution is -2.43. The van der Waals surface area contributed by atoms with Gasteiger partial charge in [-0.3, -0.25) is 4.79 Å². The molecule has 1 heterocycles. The fourth-order valence-electron chi connectivity index (χ4n) is 3.98. The van der Waals surface area contributed by atoms with E-state index in [1.807, 2.05) is 6.08 Å². The van der Waals surface area contributed by atoms with Gasteiger partial charge in [0.05, 0.1) is 0 Å². The molecule has 0 atom stereocenters. The summed E-state index contributed by atoms with van der Waals surface area (Å²) in [5.74, 6) is -4.38. The summed E-state index contributed by atoms with van der Waals surface area (Å²) in [7, 11) is 0. The SMILES string of the molecule is C=C(/C=C/C1=C(C)CCCC1(C)C)N1CCCN(C(=O)C(C)(F)F)CC1. The van der Waals surface area contributed by atoms with Crippen LogP contribution in [-0.2, 0) is 4.79 Å². The van der Waals surface area contributed by atoms with Gasteiger partial charge < -0.3 is 9.80 Å². The van der Waals surface area contributed by atoms with Crippen molar-refractivity contribution >= 4 is 5.91 Å². The first kappa shape index (κ1) is 20.7. The minimum absolute atomic E-state index is 0.174. The number of carbonyl (C=O) groups is 1. The average Bonchev–Trinajstić information content (AvgIpc) is 2.78.